The molecule has 0 radical (unpaired) electrons. The number of ketones is 1. The summed E-state index contributed by atoms with van der Waals surface area (Å²) >= 11 is 0. The maximum absolute atomic E-state index is 13.4. The molecule has 0 aromatic carbocycles. The first-order valence-corrected chi connectivity index (χ1v) is 11.1. The lowest BCUT2D eigenvalue weighted by molar-refractivity contribution is -0.189. The number of carbonyl (C=O) groups is 2. The van der Waals surface area contributed by atoms with Crippen LogP contribution < -0.4 is 0 Å². The van der Waals surface area contributed by atoms with Crippen molar-refractivity contribution in [1.82, 2.24) is 0 Å². The van der Waals surface area contributed by atoms with Gasteiger partial charge in [0.1, 0.15) is 5.78 Å². The summed E-state index contributed by atoms with van der Waals surface area (Å²) in [7, 11) is 0. The van der Waals surface area contributed by atoms with Crippen molar-refractivity contribution in [3.8, 4) is 0 Å². The topological polar surface area (TPSA) is 97.0 Å². The van der Waals surface area contributed by atoms with Gasteiger partial charge in [0.15, 0.2) is 0 Å². The van der Waals surface area contributed by atoms with Gasteiger partial charge >= 0.3 is 5.97 Å². The number of Topliss-reactive ketones (excluding diaryl/α,β-unsaturated/α-hetero) is 1. The zero-order chi connectivity index (χ0) is 22.3. The molecule has 6 heteroatoms. The number of fused-ring (bicyclic) bond motifs is 4. The fourth-order valence-corrected chi connectivity index (χ4v) is 7.68. The zero-order valence-corrected chi connectivity index (χ0v) is 18.4. The van der Waals surface area contributed by atoms with E-state index >= 15 is 0 Å². The van der Waals surface area contributed by atoms with Gasteiger partial charge in [0.2, 0.25) is 0 Å². The highest BCUT2D eigenvalue weighted by Gasteiger charge is 2.71. The van der Waals surface area contributed by atoms with E-state index in [0.29, 0.717) is 0 Å². The van der Waals surface area contributed by atoms with E-state index in [1.165, 1.54) is 0 Å². The van der Waals surface area contributed by atoms with E-state index < -0.39 is 40.8 Å². The molecule has 2 heterocycles. The lowest BCUT2D eigenvalue weighted by atomic mass is 9.44. The smallest absolute Gasteiger partial charge is 0.303 e. The molecule has 31 heavy (non-hydrogen) atoms. The van der Waals surface area contributed by atoms with Gasteiger partial charge in [-0.2, -0.15) is 0 Å². The third-order valence-electron chi connectivity index (χ3n) is 8.97. The van der Waals surface area contributed by atoms with E-state index in [-0.39, 0.29) is 30.6 Å². The molecule has 3 aliphatic carbocycles. The summed E-state index contributed by atoms with van der Waals surface area (Å²) in [5.41, 5.74) is 2.57. The summed E-state index contributed by atoms with van der Waals surface area (Å²) in [6, 6.07) is 1.95. The number of hydrogen-bond acceptors (Lipinski definition) is 5. The summed E-state index contributed by atoms with van der Waals surface area (Å²) in [6.45, 7) is 7.92. The summed E-state index contributed by atoms with van der Waals surface area (Å²) < 4.78 is 11.8. The third-order valence-corrected chi connectivity index (χ3v) is 8.97. The fraction of sp³-hybridized carbons (Fsp3) is 0.600. The van der Waals surface area contributed by atoms with Crippen LogP contribution in [0.2, 0.25) is 0 Å². The lowest BCUT2D eigenvalue weighted by Crippen LogP contribution is -2.65. The molecule has 6 nitrogen and oxygen atoms in total. The minimum Gasteiger partial charge on any atom is -0.481 e. The molecule has 5 rings (SSSR count). The van der Waals surface area contributed by atoms with Crippen LogP contribution in [-0.4, -0.2) is 40.3 Å². The second kappa shape index (κ2) is 6.66. The standard InChI is InChI=1S/C25H30O6/c1-12-5-6-18(26)24(3)17(10-19(27)28)25(4)21-13(2)15(14-7-8-30-11-14)9-16(21)31-23(25)22(29)20(12)24/h5,7-8,11,15-17,20,22-23,29H,6,9-10H2,1-4H3,(H,27,28)/t15-,16+,17?,20-,22-,23-,24+,25-/m1/s1. The van der Waals surface area contributed by atoms with Gasteiger partial charge in [0, 0.05) is 29.1 Å². The van der Waals surface area contributed by atoms with Gasteiger partial charge in [-0.25, -0.2) is 0 Å². The Balaban J connectivity index is 1.70. The number of aliphatic hydroxyl groups is 1. The van der Waals surface area contributed by atoms with Crippen LogP contribution in [0.5, 0.6) is 0 Å². The number of carboxylic acid groups (broad SMARTS) is 1. The van der Waals surface area contributed by atoms with Crippen LogP contribution in [0.1, 0.15) is 58.4 Å². The number of carboxylic acids is 1. The number of furan rings is 1. The predicted molar refractivity (Wildman–Crippen MR) is 112 cm³/mol. The largest absolute Gasteiger partial charge is 0.481 e. The van der Waals surface area contributed by atoms with Crippen LogP contribution in [0, 0.1) is 22.7 Å². The van der Waals surface area contributed by atoms with Gasteiger partial charge < -0.3 is 19.4 Å². The first-order chi connectivity index (χ1) is 14.6. The van der Waals surface area contributed by atoms with Crippen LogP contribution in [0.4, 0.5) is 0 Å². The molecule has 1 unspecified atom stereocenters. The van der Waals surface area contributed by atoms with Gasteiger partial charge in [-0.05, 0) is 43.4 Å². The highest BCUT2D eigenvalue weighted by molar-refractivity contribution is 5.89. The molecule has 2 N–H and O–H groups in total. The van der Waals surface area contributed by atoms with Crippen LogP contribution in [0.15, 0.2) is 45.8 Å². The average Bonchev–Trinajstić information content (AvgIpc) is 3.39. The van der Waals surface area contributed by atoms with E-state index in [4.69, 9.17) is 9.15 Å². The van der Waals surface area contributed by atoms with Crippen LogP contribution in [0.25, 0.3) is 0 Å². The highest BCUT2D eigenvalue weighted by atomic mass is 16.5. The van der Waals surface area contributed by atoms with Crippen LogP contribution >= 0.6 is 0 Å². The van der Waals surface area contributed by atoms with E-state index in [1.807, 2.05) is 32.9 Å². The van der Waals surface area contributed by atoms with Gasteiger partial charge in [-0.15, -0.1) is 0 Å². The Bertz CT molecular complexity index is 1000. The van der Waals surface area contributed by atoms with Crippen molar-refractivity contribution in [3.05, 3.63) is 47.0 Å². The molecular weight excluding hydrogens is 396 g/mol. The Labute approximate surface area is 182 Å². The maximum Gasteiger partial charge on any atom is 0.303 e. The minimum absolute atomic E-state index is 0.0131. The molecule has 1 aromatic rings. The second-order valence-electron chi connectivity index (χ2n) is 10.2. The normalized spacial score (nSPS) is 44.0. The molecule has 0 amide bonds. The van der Waals surface area contributed by atoms with Gasteiger partial charge in [0.05, 0.1) is 37.3 Å². The Morgan fingerprint density at radius 3 is 2.65 bits per heavy atom. The van der Waals surface area contributed by atoms with Crippen molar-refractivity contribution in [2.24, 2.45) is 22.7 Å². The maximum atomic E-state index is 13.4. The summed E-state index contributed by atoms with van der Waals surface area (Å²) in [6.07, 6.45) is 4.59. The molecule has 1 saturated heterocycles. The molecule has 0 bridgehead atoms. The van der Waals surface area contributed by atoms with Gasteiger partial charge in [-0.3, -0.25) is 9.59 Å². The Hall–Kier alpha value is -2.18. The predicted octanol–water partition coefficient (Wildman–Crippen LogP) is 3.86. The van der Waals surface area contributed by atoms with Crippen molar-refractivity contribution in [2.45, 2.75) is 71.2 Å². The highest BCUT2D eigenvalue weighted by Crippen LogP contribution is 2.68. The molecule has 1 aliphatic heterocycles. The molecule has 0 spiro atoms. The third kappa shape index (κ3) is 2.52. The molecule has 8 atom stereocenters. The SMILES string of the molecule is CC1=CCC(=O)[C@]2(C)C(CC(=O)O)[C@]3(C)C4=C(C)[C@H](c5ccoc5)C[C@@H]4O[C@@H]3[C@H](O)[C@@H]12. The average molecular weight is 427 g/mol. The Morgan fingerprint density at radius 2 is 2.00 bits per heavy atom. The van der Waals surface area contributed by atoms with Crippen LogP contribution in [0.3, 0.4) is 0 Å². The van der Waals surface area contributed by atoms with Gasteiger partial charge in [-0.1, -0.05) is 31.1 Å². The lowest BCUT2D eigenvalue weighted by Gasteiger charge is -2.59. The second-order valence-corrected chi connectivity index (χ2v) is 10.2. The number of aliphatic hydroxyl groups excluding tert-OH is 1. The van der Waals surface area contributed by atoms with Crippen molar-refractivity contribution in [2.75, 3.05) is 0 Å². The summed E-state index contributed by atoms with van der Waals surface area (Å²) in [5, 5.41) is 21.4. The fourth-order valence-electron chi connectivity index (χ4n) is 7.68. The van der Waals surface area contributed by atoms with Gasteiger partial charge in [0.25, 0.3) is 0 Å². The Morgan fingerprint density at radius 1 is 1.26 bits per heavy atom. The zero-order valence-electron chi connectivity index (χ0n) is 18.4. The summed E-state index contributed by atoms with van der Waals surface area (Å²) in [5.74, 6) is -1.68. The van der Waals surface area contributed by atoms with E-state index in [9.17, 15) is 19.8 Å². The monoisotopic (exact) mass is 426 g/mol. The molecule has 4 aliphatic rings. The van der Waals surface area contributed by atoms with E-state index in [0.717, 1.165) is 28.7 Å². The number of allylic oxidation sites excluding steroid dienone is 2. The van der Waals surface area contributed by atoms with Crippen molar-refractivity contribution >= 4 is 11.8 Å². The number of aliphatic carboxylic acids is 1. The summed E-state index contributed by atoms with van der Waals surface area (Å²) in [4.78, 5) is 25.4. The first-order valence-electron chi connectivity index (χ1n) is 11.1. The van der Waals surface area contributed by atoms with E-state index in [1.54, 1.807) is 12.5 Å². The number of carbonyl (C=O) groups excluding carboxylic acids is 1. The first kappa shape index (κ1) is 20.7. The number of hydrogen-bond donors (Lipinski definition) is 2. The van der Waals surface area contributed by atoms with Crippen molar-refractivity contribution in [3.63, 3.8) is 0 Å². The quantitative estimate of drug-likeness (QED) is 0.713. The molecule has 2 fully saturated rings. The molecule has 166 valence electrons. The molecule has 1 aromatic heterocycles. The van der Waals surface area contributed by atoms with E-state index in [2.05, 4.69) is 6.92 Å². The number of rotatable bonds is 3. The number of ether oxygens (including phenoxy) is 1. The minimum atomic E-state index is -0.957. The van der Waals surface area contributed by atoms with Crippen molar-refractivity contribution < 1.29 is 29.0 Å². The molecular formula is C25H30O6. The molecule has 1 saturated carbocycles. The Kier molecular flexibility index (Phi) is 4.45. The van der Waals surface area contributed by atoms with Crippen LogP contribution in [-0.2, 0) is 14.3 Å². The van der Waals surface area contributed by atoms with Crippen molar-refractivity contribution in [1.29, 1.82) is 0 Å².